The van der Waals surface area contributed by atoms with Crippen molar-refractivity contribution in [3.63, 3.8) is 0 Å². The molecule has 2 aromatic carbocycles. The highest BCUT2D eigenvalue weighted by Crippen LogP contribution is 2.33. The van der Waals surface area contributed by atoms with E-state index in [4.69, 9.17) is 9.99 Å². The Morgan fingerprint density at radius 3 is 2.27 bits per heavy atom. The van der Waals surface area contributed by atoms with Gasteiger partial charge in [-0.05, 0) is 42.5 Å². The molecule has 5 heteroatoms. The van der Waals surface area contributed by atoms with Gasteiger partial charge in [-0.15, -0.1) is 0 Å². The molecule has 2 N–H and O–H groups in total. The van der Waals surface area contributed by atoms with Crippen molar-refractivity contribution >= 4 is 0 Å². The predicted octanol–water partition coefficient (Wildman–Crippen LogP) is 3.08. The minimum atomic E-state index is -0.775. The predicted molar refractivity (Wildman–Crippen MR) is 100 cm³/mol. The fourth-order valence-corrected chi connectivity index (χ4v) is 3.71. The highest BCUT2D eigenvalue weighted by atomic mass is 17.1. The number of likely N-dealkylation sites (tertiary alicyclic amines) is 1. The summed E-state index contributed by atoms with van der Waals surface area (Å²) in [6.07, 6.45) is 2.11. The Labute approximate surface area is 154 Å². The van der Waals surface area contributed by atoms with Crippen LogP contribution in [0.3, 0.4) is 0 Å². The largest absolute Gasteiger partial charge is 0.497 e. The second-order valence-electron chi connectivity index (χ2n) is 6.94. The minimum absolute atomic E-state index is 0.0636. The number of benzene rings is 2. The molecule has 3 rings (SSSR count). The van der Waals surface area contributed by atoms with E-state index in [1.807, 2.05) is 54.6 Å². The molecule has 140 valence electrons. The molecule has 0 spiro atoms. The van der Waals surface area contributed by atoms with Crippen molar-refractivity contribution in [2.24, 2.45) is 0 Å². The van der Waals surface area contributed by atoms with Gasteiger partial charge < -0.3 is 9.84 Å². The first-order valence-electron chi connectivity index (χ1n) is 9.06. The van der Waals surface area contributed by atoms with Crippen LogP contribution in [-0.2, 0) is 16.9 Å². The molecule has 0 aromatic heterocycles. The first kappa shape index (κ1) is 18.9. The molecular weight excluding hydrogens is 330 g/mol. The zero-order valence-corrected chi connectivity index (χ0v) is 15.2. The Morgan fingerprint density at radius 1 is 1.04 bits per heavy atom. The summed E-state index contributed by atoms with van der Waals surface area (Å²) < 4.78 is 5.20. The van der Waals surface area contributed by atoms with Gasteiger partial charge in [0.2, 0.25) is 0 Å². The Morgan fingerprint density at radius 2 is 1.69 bits per heavy atom. The molecule has 0 aliphatic carbocycles. The normalized spacial score (nSPS) is 18.4. The maximum atomic E-state index is 11.0. The minimum Gasteiger partial charge on any atom is -0.497 e. The highest BCUT2D eigenvalue weighted by Gasteiger charge is 2.36. The van der Waals surface area contributed by atoms with E-state index in [0.717, 1.165) is 36.4 Å². The van der Waals surface area contributed by atoms with Crippen LogP contribution in [0.5, 0.6) is 5.75 Å². The third-order valence-corrected chi connectivity index (χ3v) is 5.35. The van der Waals surface area contributed by atoms with Crippen molar-refractivity contribution in [3.05, 3.63) is 65.7 Å². The zero-order valence-electron chi connectivity index (χ0n) is 15.2. The van der Waals surface area contributed by atoms with Crippen molar-refractivity contribution in [1.82, 2.24) is 4.90 Å². The average molecular weight is 357 g/mol. The summed E-state index contributed by atoms with van der Waals surface area (Å²) in [6.45, 7) is 1.76. The quantitative estimate of drug-likeness (QED) is 0.589. The van der Waals surface area contributed by atoms with Crippen molar-refractivity contribution < 1.29 is 20.0 Å². The molecular formula is C21H27NO4. The van der Waals surface area contributed by atoms with E-state index in [9.17, 15) is 5.11 Å². The maximum Gasteiger partial charge on any atom is 0.118 e. The number of aliphatic hydroxyl groups is 1. The lowest BCUT2D eigenvalue weighted by molar-refractivity contribution is -0.253. The maximum absolute atomic E-state index is 11.0. The molecule has 1 fully saturated rings. The monoisotopic (exact) mass is 357 g/mol. The smallest absolute Gasteiger partial charge is 0.118 e. The summed E-state index contributed by atoms with van der Waals surface area (Å²) in [5.41, 5.74) is 1.36. The fraction of sp³-hybridized carbons (Fsp3) is 0.429. The molecule has 0 amide bonds. The molecule has 2 aromatic rings. The molecule has 1 atom stereocenters. The summed E-state index contributed by atoms with van der Waals surface area (Å²) in [6, 6.07) is 17.9. The number of methoxy groups -OCH3 is 1. The lowest BCUT2D eigenvalue weighted by Gasteiger charge is -2.41. The number of hydrogen-bond donors (Lipinski definition) is 2. The van der Waals surface area contributed by atoms with Gasteiger partial charge in [-0.3, -0.25) is 10.2 Å². The number of ether oxygens (including phenoxy) is 1. The second-order valence-corrected chi connectivity index (χ2v) is 6.94. The van der Waals surface area contributed by atoms with Crippen LogP contribution in [0.25, 0.3) is 0 Å². The van der Waals surface area contributed by atoms with Gasteiger partial charge in [-0.1, -0.05) is 42.5 Å². The first-order valence-corrected chi connectivity index (χ1v) is 9.06. The van der Waals surface area contributed by atoms with Crippen molar-refractivity contribution in [1.29, 1.82) is 0 Å². The summed E-state index contributed by atoms with van der Waals surface area (Å²) in [5.74, 6) is 0.828. The summed E-state index contributed by atoms with van der Waals surface area (Å²) in [7, 11) is 1.65. The van der Waals surface area contributed by atoms with E-state index < -0.39 is 5.60 Å². The molecule has 5 nitrogen and oxygen atoms in total. The third-order valence-electron chi connectivity index (χ3n) is 5.35. The van der Waals surface area contributed by atoms with Crippen LogP contribution in [0.1, 0.15) is 24.0 Å². The van der Waals surface area contributed by atoms with Crippen LogP contribution in [0.2, 0.25) is 0 Å². The van der Waals surface area contributed by atoms with Crippen LogP contribution in [0, 0.1) is 0 Å². The van der Waals surface area contributed by atoms with Gasteiger partial charge in [-0.25, -0.2) is 4.89 Å². The van der Waals surface area contributed by atoms with Crippen LogP contribution in [0.4, 0.5) is 0 Å². The lowest BCUT2D eigenvalue weighted by atomic mass is 9.84. The molecule has 1 unspecified atom stereocenters. The van der Waals surface area contributed by atoms with Gasteiger partial charge in [0.1, 0.15) is 5.75 Å². The lowest BCUT2D eigenvalue weighted by Crippen LogP contribution is -2.49. The Bertz CT molecular complexity index is 666. The zero-order chi connectivity index (χ0) is 18.4. The van der Waals surface area contributed by atoms with E-state index in [1.54, 1.807) is 7.11 Å². The van der Waals surface area contributed by atoms with Crippen molar-refractivity contribution in [2.45, 2.75) is 30.9 Å². The summed E-state index contributed by atoms with van der Waals surface area (Å²) >= 11 is 0. The average Bonchev–Trinajstić information content (AvgIpc) is 2.69. The fourth-order valence-electron chi connectivity index (χ4n) is 3.71. The molecule has 1 saturated heterocycles. The molecule has 1 heterocycles. The molecule has 26 heavy (non-hydrogen) atoms. The van der Waals surface area contributed by atoms with Gasteiger partial charge >= 0.3 is 0 Å². The molecule has 0 radical (unpaired) electrons. The molecule has 1 aliphatic heterocycles. The third kappa shape index (κ3) is 4.43. The number of hydrogen-bond acceptors (Lipinski definition) is 5. The van der Waals surface area contributed by atoms with Gasteiger partial charge in [-0.2, -0.15) is 0 Å². The van der Waals surface area contributed by atoms with Crippen molar-refractivity contribution in [3.8, 4) is 5.75 Å². The van der Waals surface area contributed by atoms with E-state index in [2.05, 4.69) is 9.79 Å². The van der Waals surface area contributed by atoms with E-state index >= 15 is 0 Å². The first-order chi connectivity index (χ1) is 12.6. The van der Waals surface area contributed by atoms with Gasteiger partial charge in [0.15, 0.2) is 0 Å². The Kier molecular flexibility index (Phi) is 6.27. The number of rotatable bonds is 7. The van der Waals surface area contributed by atoms with E-state index in [0.29, 0.717) is 12.8 Å². The molecule has 0 bridgehead atoms. The topological polar surface area (TPSA) is 62.2 Å². The van der Waals surface area contributed by atoms with Crippen molar-refractivity contribution in [2.75, 3.05) is 26.8 Å². The summed E-state index contributed by atoms with van der Waals surface area (Å²) in [4.78, 5) is 6.77. The molecule has 1 aliphatic rings. The Hall–Kier alpha value is -1.92. The van der Waals surface area contributed by atoms with Gasteiger partial charge in [0, 0.05) is 19.1 Å². The van der Waals surface area contributed by atoms with E-state index in [1.165, 1.54) is 0 Å². The summed E-state index contributed by atoms with van der Waals surface area (Å²) in [5, 5.41) is 20.0. The standard InChI is InChI=1S/C21H27NO4/c1-25-20-9-7-17(8-10-20)15-19(16-26-24)22-13-11-21(23,12-14-22)18-5-3-2-4-6-18/h2-10,19,23-24H,11-16H2,1H3. The van der Waals surface area contributed by atoms with Gasteiger partial charge in [0.25, 0.3) is 0 Å². The van der Waals surface area contributed by atoms with Crippen LogP contribution < -0.4 is 4.74 Å². The Balaban J connectivity index is 1.64. The number of nitrogens with zero attached hydrogens (tertiary/aromatic N) is 1. The van der Waals surface area contributed by atoms with Crippen LogP contribution in [0.15, 0.2) is 54.6 Å². The SMILES string of the molecule is COc1ccc(CC(COO)N2CCC(O)(c3ccccc3)CC2)cc1. The van der Waals surface area contributed by atoms with Crippen LogP contribution >= 0.6 is 0 Å². The molecule has 0 saturated carbocycles. The highest BCUT2D eigenvalue weighted by molar-refractivity contribution is 5.28. The van der Waals surface area contributed by atoms with Gasteiger partial charge in [0.05, 0.1) is 19.3 Å². The van der Waals surface area contributed by atoms with Crippen LogP contribution in [-0.4, -0.2) is 48.1 Å². The second kappa shape index (κ2) is 8.64. The number of piperidine rings is 1. The van der Waals surface area contributed by atoms with E-state index in [-0.39, 0.29) is 12.6 Å².